The quantitative estimate of drug-likeness (QED) is 0.522. The number of rotatable bonds is 1. The topological polar surface area (TPSA) is 20.3 Å². The molecule has 0 amide bonds. The van der Waals surface area contributed by atoms with Crippen LogP contribution in [0.1, 0.15) is 38.5 Å². The second kappa shape index (κ2) is 4.09. The maximum atomic E-state index is 11.3. The third-order valence-corrected chi connectivity index (χ3v) is 4.02. The predicted octanol–water partition coefficient (Wildman–Crippen LogP) is 2.31. The minimum atomic E-state index is 0.313. The fourth-order valence-electron chi connectivity index (χ4n) is 2.14. The first kappa shape index (κ1) is 9.66. The minimum absolute atomic E-state index is 0.313. The van der Waals surface area contributed by atoms with E-state index in [9.17, 15) is 4.79 Å². The van der Waals surface area contributed by atoms with Crippen LogP contribution in [0.25, 0.3) is 0 Å². The van der Waals surface area contributed by atoms with Gasteiger partial charge in [0, 0.05) is 18.9 Å². The summed E-state index contributed by atoms with van der Waals surface area (Å²) in [6.07, 6.45) is 6.57. The van der Waals surface area contributed by atoms with Gasteiger partial charge in [0.05, 0.1) is 4.95 Å². The van der Waals surface area contributed by atoms with Crippen molar-refractivity contribution < 1.29 is 4.79 Å². The summed E-state index contributed by atoms with van der Waals surface area (Å²) in [5.74, 6) is 0.420. The standard InChI is InChI=1S/C10H16BrNO/c11-10-7-9(13)5-2-6-12(10)8-3-1-4-8/h8,10H,1-7H2. The average molecular weight is 246 g/mol. The van der Waals surface area contributed by atoms with E-state index in [0.717, 1.165) is 25.4 Å². The molecule has 2 nitrogen and oxygen atoms in total. The van der Waals surface area contributed by atoms with E-state index in [1.165, 1.54) is 19.3 Å². The predicted molar refractivity (Wildman–Crippen MR) is 55.9 cm³/mol. The molecule has 0 aromatic rings. The van der Waals surface area contributed by atoms with Crippen LogP contribution in [0.3, 0.4) is 0 Å². The monoisotopic (exact) mass is 245 g/mol. The SMILES string of the molecule is O=C1CCCN(C2CCC2)C(Br)C1. The van der Waals surface area contributed by atoms with Crippen molar-refractivity contribution in [1.82, 2.24) is 4.90 Å². The molecule has 0 radical (unpaired) electrons. The molecule has 1 saturated heterocycles. The molecule has 74 valence electrons. The molecule has 0 N–H and O–H groups in total. The number of carbonyl (C=O) groups is 1. The van der Waals surface area contributed by atoms with E-state index < -0.39 is 0 Å². The first-order valence-electron chi connectivity index (χ1n) is 5.19. The van der Waals surface area contributed by atoms with Crippen LogP contribution in [0.5, 0.6) is 0 Å². The molecule has 0 aromatic carbocycles. The van der Waals surface area contributed by atoms with E-state index >= 15 is 0 Å². The highest BCUT2D eigenvalue weighted by atomic mass is 79.9. The van der Waals surface area contributed by atoms with Gasteiger partial charge in [0.1, 0.15) is 5.78 Å². The Morgan fingerprint density at radius 1 is 1.31 bits per heavy atom. The third kappa shape index (κ3) is 2.13. The molecule has 13 heavy (non-hydrogen) atoms. The summed E-state index contributed by atoms with van der Waals surface area (Å²) >= 11 is 3.63. The molecule has 0 spiro atoms. The minimum Gasteiger partial charge on any atom is -0.300 e. The van der Waals surface area contributed by atoms with E-state index in [1.807, 2.05) is 0 Å². The van der Waals surface area contributed by atoms with Crippen molar-refractivity contribution in [3.05, 3.63) is 0 Å². The zero-order chi connectivity index (χ0) is 9.26. The normalized spacial score (nSPS) is 32.7. The lowest BCUT2D eigenvalue weighted by Gasteiger charge is -2.39. The van der Waals surface area contributed by atoms with E-state index in [0.29, 0.717) is 17.2 Å². The second-order valence-electron chi connectivity index (χ2n) is 4.10. The summed E-state index contributed by atoms with van der Waals surface area (Å²) < 4.78 is 0. The molecule has 2 fully saturated rings. The number of hydrogen-bond acceptors (Lipinski definition) is 2. The summed E-state index contributed by atoms with van der Waals surface area (Å²) in [5.41, 5.74) is 0. The lowest BCUT2D eigenvalue weighted by Crippen LogP contribution is -2.44. The van der Waals surface area contributed by atoms with Crippen molar-refractivity contribution in [2.75, 3.05) is 6.54 Å². The fourth-order valence-corrected chi connectivity index (χ4v) is 3.04. The molecule has 1 atom stereocenters. The summed E-state index contributed by atoms with van der Waals surface area (Å²) in [4.78, 5) is 14.1. The molecule has 3 heteroatoms. The Morgan fingerprint density at radius 2 is 2.08 bits per heavy atom. The third-order valence-electron chi connectivity index (χ3n) is 3.17. The maximum absolute atomic E-state index is 11.3. The van der Waals surface area contributed by atoms with Crippen LogP contribution in [0.4, 0.5) is 0 Å². The van der Waals surface area contributed by atoms with Gasteiger partial charge in [0.2, 0.25) is 0 Å². The summed E-state index contributed by atoms with van der Waals surface area (Å²) in [6, 6.07) is 0.760. The van der Waals surface area contributed by atoms with Crippen LogP contribution >= 0.6 is 15.9 Å². The highest BCUT2D eigenvalue weighted by molar-refractivity contribution is 9.09. The number of alkyl halides is 1. The van der Waals surface area contributed by atoms with Crippen LogP contribution < -0.4 is 0 Å². The van der Waals surface area contributed by atoms with Gasteiger partial charge in [-0.1, -0.05) is 22.4 Å². The Morgan fingerprint density at radius 3 is 2.69 bits per heavy atom. The highest BCUT2D eigenvalue weighted by Crippen LogP contribution is 2.31. The second-order valence-corrected chi connectivity index (χ2v) is 5.16. The van der Waals surface area contributed by atoms with Crippen molar-refractivity contribution in [3.8, 4) is 0 Å². The van der Waals surface area contributed by atoms with E-state index in [1.54, 1.807) is 0 Å². The smallest absolute Gasteiger partial charge is 0.135 e. The van der Waals surface area contributed by atoms with Gasteiger partial charge in [-0.3, -0.25) is 9.69 Å². The van der Waals surface area contributed by atoms with Gasteiger partial charge in [0.15, 0.2) is 0 Å². The first-order valence-corrected chi connectivity index (χ1v) is 6.10. The summed E-state index contributed by atoms with van der Waals surface area (Å²) in [7, 11) is 0. The zero-order valence-electron chi connectivity index (χ0n) is 7.84. The van der Waals surface area contributed by atoms with Crippen molar-refractivity contribution >= 4 is 21.7 Å². The molecule has 2 aliphatic rings. The largest absolute Gasteiger partial charge is 0.300 e. The first-order chi connectivity index (χ1) is 6.27. The Hall–Kier alpha value is 0.110. The van der Waals surface area contributed by atoms with Crippen molar-refractivity contribution in [2.24, 2.45) is 0 Å². The molecular formula is C10H16BrNO. The number of ketones is 1. The van der Waals surface area contributed by atoms with Crippen molar-refractivity contribution in [3.63, 3.8) is 0 Å². The number of nitrogens with zero attached hydrogens (tertiary/aromatic N) is 1. The highest BCUT2D eigenvalue weighted by Gasteiger charge is 2.31. The summed E-state index contributed by atoms with van der Waals surface area (Å²) in [6.45, 7) is 1.10. The molecule has 1 unspecified atom stereocenters. The zero-order valence-corrected chi connectivity index (χ0v) is 9.42. The molecule has 0 bridgehead atoms. The van der Waals surface area contributed by atoms with E-state index in [-0.39, 0.29) is 0 Å². The molecule has 1 aliphatic carbocycles. The van der Waals surface area contributed by atoms with Gasteiger partial charge in [-0.25, -0.2) is 0 Å². The number of halogens is 1. The average Bonchev–Trinajstić information content (AvgIpc) is 2.11. The molecule has 1 heterocycles. The lowest BCUT2D eigenvalue weighted by atomic mass is 9.91. The number of likely N-dealkylation sites (tertiary alicyclic amines) is 1. The van der Waals surface area contributed by atoms with E-state index in [2.05, 4.69) is 20.8 Å². The number of hydrogen-bond donors (Lipinski definition) is 0. The molecular weight excluding hydrogens is 230 g/mol. The number of carbonyl (C=O) groups excluding carboxylic acids is 1. The van der Waals surface area contributed by atoms with Crippen LogP contribution in [-0.2, 0) is 4.79 Å². The van der Waals surface area contributed by atoms with Crippen LogP contribution in [0, 0.1) is 0 Å². The molecule has 1 saturated carbocycles. The lowest BCUT2D eigenvalue weighted by molar-refractivity contribution is -0.119. The Balaban J connectivity index is 1.96. The van der Waals surface area contributed by atoms with Gasteiger partial charge >= 0.3 is 0 Å². The maximum Gasteiger partial charge on any atom is 0.135 e. The number of Topliss-reactive ketones (excluding diaryl/α,β-unsaturated/α-hetero) is 1. The van der Waals surface area contributed by atoms with Crippen LogP contribution in [-0.4, -0.2) is 28.2 Å². The van der Waals surface area contributed by atoms with Crippen molar-refractivity contribution in [2.45, 2.75) is 49.5 Å². The molecule has 0 aromatic heterocycles. The van der Waals surface area contributed by atoms with Crippen LogP contribution in [0.15, 0.2) is 0 Å². The summed E-state index contributed by atoms with van der Waals surface area (Å²) in [5, 5.41) is 0. The van der Waals surface area contributed by atoms with Gasteiger partial charge in [-0.15, -0.1) is 0 Å². The Bertz CT molecular complexity index is 203. The fraction of sp³-hybridized carbons (Fsp3) is 0.900. The van der Waals surface area contributed by atoms with E-state index in [4.69, 9.17) is 0 Å². The van der Waals surface area contributed by atoms with Gasteiger partial charge in [-0.05, 0) is 25.8 Å². The Kier molecular flexibility index (Phi) is 3.04. The Labute approximate surface area is 87.8 Å². The molecule has 1 aliphatic heterocycles. The van der Waals surface area contributed by atoms with Gasteiger partial charge in [0.25, 0.3) is 0 Å². The van der Waals surface area contributed by atoms with Crippen molar-refractivity contribution in [1.29, 1.82) is 0 Å². The van der Waals surface area contributed by atoms with Crippen LogP contribution in [0.2, 0.25) is 0 Å². The van der Waals surface area contributed by atoms with Gasteiger partial charge in [-0.2, -0.15) is 0 Å². The van der Waals surface area contributed by atoms with Gasteiger partial charge < -0.3 is 0 Å². The molecule has 2 rings (SSSR count).